The number of carbonyl (C=O) groups excluding carboxylic acids is 1. The molecule has 1 fully saturated rings. The van der Waals surface area contributed by atoms with Crippen molar-refractivity contribution in [2.75, 3.05) is 38.2 Å². The van der Waals surface area contributed by atoms with Gasteiger partial charge in [0.05, 0.1) is 24.3 Å². The minimum Gasteiger partial charge on any atom is -0.379 e. The lowest BCUT2D eigenvalue weighted by atomic mass is 10.0. The Morgan fingerprint density at radius 1 is 1.12 bits per heavy atom. The lowest BCUT2D eigenvalue weighted by molar-refractivity contribution is -0.116. The number of hydrogen-bond donors (Lipinski definition) is 2. The quantitative estimate of drug-likeness (QED) is 0.528. The number of nitrogens with one attached hydrogen (secondary N) is 2. The van der Waals surface area contributed by atoms with Gasteiger partial charge in [0.2, 0.25) is 5.91 Å². The zero-order valence-corrected chi connectivity index (χ0v) is 19.0. The topological polar surface area (TPSA) is 87.3 Å². The third-order valence-electron chi connectivity index (χ3n) is 5.71. The fraction of sp³-hybridized carbons (Fsp3) is 0.375. The average Bonchev–Trinajstić information content (AvgIpc) is 2.80. The van der Waals surface area contributed by atoms with E-state index >= 15 is 0 Å². The number of carbonyl (C=O) groups is 1. The van der Waals surface area contributed by atoms with Crippen molar-refractivity contribution in [3.63, 3.8) is 0 Å². The average molecular weight is 457 g/mol. The normalized spacial score (nSPS) is 14.2. The monoisotopic (exact) mass is 456 g/mol. The van der Waals surface area contributed by atoms with E-state index in [0.717, 1.165) is 67.9 Å². The van der Waals surface area contributed by atoms with Crippen molar-refractivity contribution in [2.45, 2.75) is 26.2 Å². The van der Waals surface area contributed by atoms with E-state index in [9.17, 15) is 9.59 Å². The second-order valence-corrected chi connectivity index (χ2v) is 7.94. The summed E-state index contributed by atoms with van der Waals surface area (Å²) in [5.74, 6) is 0.0153. The molecule has 2 N–H and O–H groups in total. The Morgan fingerprint density at radius 3 is 2.66 bits per heavy atom. The summed E-state index contributed by atoms with van der Waals surface area (Å²) in [4.78, 5) is 27.0. The maximum atomic E-state index is 12.5. The lowest BCUT2D eigenvalue weighted by Gasteiger charge is -2.26. The summed E-state index contributed by atoms with van der Waals surface area (Å²) in [6, 6.07) is 13.2. The number of rotatable bonds is 7. The van der Waals surface area contributed by atoms with Crippen LogP contribution in [0.15, 0.2) is 47.3 Å². The molecule has 0 spiro atoms. The van der Waals surface area contributed by atoms with Crippen LogP contribution in [0.2, 0.25) is 0 Å². The zero-order chi connectivity index (χ0) is 21.6. The van der Waals surface area contributed by atoms with Crippen LogP contribution in [0.25, 0.3) is 22.0 Å². The highest BCUT2D eigenvalue weighted by Crippen LogP contribution is 2.28. The molecule has 2 aromatic carbocycles. The molecule has 0 atom stereocenters. The van der Waals surface area contributed by atoms with Crippen molar-refractivity contribution in [1.82, 2.24) is 15.1 Å². The van der Waals surface area contributed by atoms with Gasteiger partial charge < -0.3 is 10.1 Å². The molecular formula is C24H29ClN4O3. The van der Waals surface area contributed by atoms with Gasteiger partial charge in [-0.15, -0.1) is 12.4 Å². The van der Waals surface area contributed by atoms with Crippen molar-refractivity contribution >= 4 is 34.8 Å². The molecule has 1 aromatic heterocycles. The van der Waals surface area contributed by atoms with Crippen molar-refractivity contribution in [2.24, 2.45) is 0 Å². The number of unbranched alkanes of at least 4 members (excludes halogenated alkanes) is 1. The largest absolute Gasteiger partial charge is 0.379 e. The highest BCUT2D eigenvalue weighted by molar-refractivity contribution is 5.96. The molecule has 0 radical (unpaired) electrons. The number of halogens is 1. The molecule has 3 aromatic rings. The van der Waals surface area contributed by atoms with Gasteiger partial charge in [-0.3, -0.25) is 14.5 Å². The zero-order valence-electron chi connectivity index (χ0n) is 18.2. The second kappa shape index (κ2) is 11.2. The van der Waals surface area contributed by atoms with Crippen LogP contribution in [0.1, 0.15) is 24.8 Å². The van der Waals surface area contributed by atoms with E-state index in [4.69, 9.17) is 4.74 Å². The number of aromatic amines is 1. The van der Waals surface area contributed by atoms with Gasteiger partial charge in [0, 0.05) is 36.1 Å². The van der Waals surface area contributed by atoms with Gasteiger partial charge in [0.1, 0.15) is 0 Å². The Labute approximate surface area is 193 Å². The first-order valence-electron chi connectivity index (χ1n) is 10.8. The minimum absolute atomic E-state index is 0. The number of anilines is 1. The number of amides is 1. The van der Waals surface area contributed by atoms with Crippen molar-refractivity contribution < 1.29 is 9.53 Å². The van der Waals surface area contributed by atoms with E-state index < -0.39 is 0 Å². The van der Waals surface area contributed by atoms with Gasteiger partial charge >= 0.3 is 0 Å². The van der Waals surface area contributed by atoms with E-state index in [0.29, 0.717) is 17.5 Å². The van der Waals surface area contributed by atoms with E-state index in [1.54, 1.807) is 6.07 Å². The Balaban J connectivity index is 0.00000289. The van der Waals surface area contributed by atoms with Crippen LogP contribution in [0.4, 0.5) is 5.69 Å². The molecule has 0 aliphatic carbocycles. The number of hydrogen-bond acceptors (Lipinski definition) is 5. The van der Waals surface area contributed by atoms with Gasteiger partial charge in [-0.25, -0.2) is 5.10 Å². The maximum Gasteiger partial charge on any atom is 0.272 e. The standard InChI is InChI=1S/C24H28N4O3.ClH/c1-17-9-10-18(23-19-6-2-3-7-20(19)24(30)27-26-23)16-21(17)25-22(29)8-4-5-11-28-12-14-31-15-13-28;/h2-3,6-7,9-10,16H,4-5,8,11-15H2,1H3,(H,25,29)(H,27,30);1H. The molecule has 170 valence electrons. The molecule has 7 nitrogen and oxygen atoms in total. The van der Waals surface area contributed by atoms with Crippen molar-refractivity contribution in [3.8, 4) is 11.3 Å². The summed E-state index contributed by atoms with van der Waals surface area (Å²) >= 11 is 0. The van der Waals surface area contributed by atoms with Gasteiger partial charge in [0.15, 0.2) is 0 Å². The Morgan fingerprint density at radius 2 is 1.88 bits per heavy atom. The maximum absolute atomic E-state index is 12.5. The number of fused-ring (bicyclic) bond motifs is 1. The first-order chi connectivity index (χ1) is 15.1. The fourth-order valence-electron chi connectivity index (χ4n) is 3.90. The summed E-state index contributed by atoms with van der Waals surface area (Å²) in [5.41, 5.74) is 3.08. The molecule has 1 aliphatic heterocycles. The number of benzene rings is 2. The predicted octanol–water partition coefficient (Wildman–Crippen LogP) is 3.76. The number of morpholine rings is 1. The van der Waals surface area contributed by atoms with E-state index in [-0.39, 0.29) is 23.9 Å². The van der Waals surface area contributed by atoms with Crippen LogP contribution in [0.5, 0.6) is 0 Å². The molecule has 8 heteroatoms. The first kappa shape index (κ1) is 23.9. The van der Waals surface area contributed by atoms with Crippen LogP contribution in [0, 0.1) is 6.92 Å². The minimum atomic E-state index is -0.211. The molecule has 1 saturated heterocycles. The molecule has 0 unspecified atom stereocenters. The van der Waals surface area contributed by atoms with Crippen molar-refractivity contribution in [1.29, 1.82) is 0 Å². The Kier molecular flexibility index (Phi) is 8.39. The summed E-state index contributed by atoms with van der Waals surface area (Å²) in [7, 11) is 0. The summed E-state index contributed by atoms with van der Waals surface area (Å²) in [6.07, 6.45) is 2.35. The number of ether oxygens (including phenoxy) is 1. The third-order valence-corrected chi connectivity index (χ3v) is 5.71. The number of nitrogens with zero attached hydrogens (tertiary/aromatic N) is 2. The molecule has 32 heavy (non-hydrogen) atoms. The van der Waals surface area contributed by atoms with E-state index in [2.05, 4.69) is 20.4 Å². The van der Waals surface area contributed by atoms with Crippen LogP contribution in [-0.2, 0) is 9.53 Å². The fourth-order valence-corrected chi connectivity index (χ4v) is 3.90. The number of aryl methyl sites for hydroxylation is 1. The lowest BCUT2D eigenvalue weighted by Crippen LogP contribution is -2.36. The number of H-pyrrole nitrogens is 1. The van der Waals surface area contributed by atoms with Crippen molar-refractivity contribution in [3.05, 3.63) is 58.4 Å². The van der Waals surface area contributed by atoms with Crippen LogP contribution >= 0.6 is 12.4 Å². The molecule has 1 amide bonds. The highest BCUT2D eigenvalue weighted by atomic mass is 35.5. The van der Waals surface area contributed by atoms with Crippen LogP contribution in [0.3, 0.4) is 0 Å². The van der Waals surface area contributed by atoms with Crippen LogP contribution in [-0.4, -0.2) is 53.9 Å². The molecule has 0 saturated carbocycles. The summed E-state index contributed by atoms with van der Waals surface area (Å²) < 4.78 is 5.37. The summed E-state index contributed by atoms with van der Waals surface area (Å²) in [5, 5.41) is 11.3. The van der Waals surface area contributed by atoms with Gasteiger partial charge in [-0.2, -0.15) is 5.10 Å². The molecule has 1 aliphatic rings. The molecule has 2 heterocycles. The van der Waals surface area contributed by atoms with Gasteiger partial charge in [-0.05, 0) is 44.0 Å². The van der Waals surface area contributed by atoms with E-state index in [1.807, 2.05) is 43.3 Å². The molecular weight excluding hydrogens is 428 g/mol. The SMILES string of the molecule is Cc1ccc(-c2n[nH]c(=O)c3ccccc23)cc1NC(=O)CCCCN1CCOCC1.Cl. The summed E-state index contributed by atoms with van der Waals surface area (Å²) in [6.45, 7) is 6.54. The van der Waals surface area contributed by atoms with Crippen LogP contribution < -0.4 is 10.9 Å². The first-order valence-corrected chi connectivity index (χ1v) is 10.8. The third kappa shape index (κ3) is 5.73. The van der Waals surface area contributed by atoms with Gasteiger partial charge in [-0.1, -0.05) is 30.3 Å². The second-order valence-electron chi connectivity index (χ2n) is 7.94. The van der Waals surface area contributed by atoms with Gasteiger partial charge in [0.25, 0.3) is 5.56 Å². The van der Waals surface area contributed by atoms with E-state index in [1.165, 1.54) is 0 Å². The molecule has 0 bridgehead atoms. The Bertz CT molecular complexity index is 1130. The highest BCUT2D eigenvalue weighted by Gasteiger charge is 2.13. The number of aromatic nitrogens is 2. The predicted molar refractivity (Wildman–Crippen MR) is 130 cm³/mol. The Hall–Kier alpha value is -2.74. The molecule has 4 rings (SSSR count). The smallest absolute Gasteiger partial charge is 0.272 e.